The summed E-state index contributed by atoms with van der Waals surface area (Å²) in [5.41, 5.74) is 3.40. The molecule has 0 N–H and O–H groups in total. The fourth-order valence-corrected chi connectivity index (χ4v) is 1.56. The number of rotatable bonds is 0. The zero-order valence-corrected chi connectivity index (χ0v) is 8.05. The smallest absolute Gasteiger partial charge is 0.318 e. The van der Waals surface area contributed by atoms with Gasteiger partial charge in [-0.25, -0.2) is 0 Å². The van der Waals surface area contributed by atoms with E-state index in [0.717, 1.165) is 11.3 Å². The van der Waals surface area contributed by atoms with Crippen molar-refractivity contribution in [1.29, 1.82) is 0 Å². The van der Waals surface area contributed by atoms with Gasteiger partial charge in [-0.2, -0.15) is 0 Å². The highest BCUT2D eigenvalue weighted by Crippen LogP contribution is 2.36. The molecule has 0 radical (unpaired) electrons. The van der Waals surface area contributed by atoms with Gasteiger partial charge in [0.05, 0.1) is 5.92 Å². The molecular formula is C11H12O2. The minimum absolute atomic E-state index is 0.103. The summed E-state index contributed by atoms with van der Waals surface area (Å²) in [5, 5.41) is 0. The second kappa shape index (κ2) is 2.59. The number of aryl methyl sites for hydroxylation is 2. The van der Waals surface area contributed by atoms with Crippen LogP contribution in [0.5, 0.6) is 5.75 Å². The molecule has 0 bridgehead atoms. The minimum atomic E-state index is -0.139. The van der Waals surface area contributed by atoms with E-state index in [1.165, 1.54) is 11.1 Å². The normalized spacial score (nSPS) is 19.9. The number of benzene rings is 1. The number of esters is 1. The van der Waals surface area contributed by atoms with Crippen LogP contribution in [0.15, 0.2) is 12.1 Å². The van der Waals surface area contributed by atoms with E-state index in [1.807, 2.05) is 32.9 Å². The maximum absolute atomic E-state index is 11.2. The second-order valence-corrected chi connectivity index (χ2v) is 3.62. The van der Waals surface area contributed by atoms with Crippen LogP contribution < -0.4 is 4.74 Å². The summed E-state index contributed by atoms with van der Waals surface area (Å²) in [6, 6.07) is 3.98. The predicted octanol–water partition coefficient (Wildman–Crippen LogP) is 2.33. The lowest BCUT2D eigenvalue weighted by atomic mass is 9.98. The number of ether oxygens (including phenoxy) is 1. The molecule has 0 saturated carbocycles. The second-order valence-electron chi connectivity index (χ2n) is 3.62. The van der Waals surface area contributed by atoms with Gasteiger partial charge in [-0.1, -0.05) is 6.07 Å². The van der Waals surface area contributed by atoms with Crippen molar-refractivity contribution < 1.29 is 9.53 Å². The van der Waals surface area contributed by atoms with Crippen LogP contribution in [0, 0.1) is 13.8 Å². The van der Waals surface area contributed by atoms with E-state index in [2.05, 4.69) is 0 Å². The molecule has 68 valence electrons. The molecule has 0 amide bonds. The molecule has 0 fully saturated rings. The summed E-state index contributed by atoms with van der Waals surface area (Å²) in [6.45, 7) is 5.94. The molecule has 1 aromatic carbocycles. The van der Waals surface area contributed by atoms with Gasteiger partial charge in [0.2, 0.25) is 0 Å². The topological polar surface area (TPSA) is 26.3 Å². The van der Waals surface area contributed by atoms with Gasteiger partial charge in [-0.15, -0.1) is 0 Å². The van der Waals surface area contributed by atoms with Crippen LogP contribution in [0.25, 0.3) is 0 Å². The highest BCUT2D eigenvalue weighted by Gasteiger charge is 2.29. The van der Waals surface area contributed by atoms with Crippen LogP contribution in [-0.2, 0) is 4.79 Å². The Hall–Kier alpha value is -1.31. The Morgan fingerprint density at radius 3 is 2.54 bits per heavy atom. The fourth-order valence-electron chi connectivity index (χ4n) is 1.56. The molecule has 0 spiro atoms. The number of hydrogen-bond acceptors (Lipinski definition) is 2. The van der Waals surface area contributed by atoms with Gasteiger partial charge >= 0.3 is 5.97 Å². The summed E-state index contributed by atoms with van der Waals surface area (Å²) in [5.74, 6) is 0.495. The first-order valence-corrected chi connectivity index (χ1v) is 4.42. The number of hydrogen-bond donors (Lipinski definition) is 0. The average molecular weight is 176 g/mol. The molecule has 1 aromatic rings. The van der Waals surface area contributed by atoms with Gasteiger partial charge in [0.25, 0.3) is 0 Å². The molecule has 2 nitrogen and oxygen atoms in total. The SMILES string of the molecule is Cc1cc2c(cc1C)C(C)C(=O)O2. The molecule has 2 heteroatoms. The van der Waals surface area contributed by atoms with Crippen LogP contribution in [0.3, 0.4) is 0 Å². The van der Waals surface area contributed by atoms with Gasteiger partial charge in [0.15, 0.2) is 0 Å². The monoisotopic (exact) mass is 176 g/mol. The summed E-state index contributed by atoms with van der Waals surface area (Å²) in [6.07, 6.45) is 0. The first-order chi connectivity index (χ1) is 6.09. The van der Waals surface area contributed by atoms with Crippen molar-refractivity contribution in [3.8, 4) is 5.75 Å². The lowest BCUT2D eigenvalue weighted by molar-refractivity contribution is -0.133. The first kappa shape index (κ1) is 8.30. The third kappa shape index (κ3) is 1.13. The zero-order valence-electron chi connectivity index (χ0n) is 8.05. The number of carbonyl (C=O) groups excluding carboxylic acids is 1. The predicted molar refractivity (Wildman–Crippen MR) is 50.0 cm³/mol. The van der Waals surface area contributed by atoms with E-state index in [0.29, 0.717) is 0 Å². The molecule has 1 heterocycles. The summed E-state index contributed by atoms with van der Waals surface area (Å²) >= 11 is 0. The van der Waals surface area contributed by atoms with Gasteiger partial charge in [-0.05, 0) is 38.0 Å². The van der Waals surface area contributed by atoms with Crippen molar-refractivity contribution in [1.82, 2.24) is 0 Å². The van der Waals surface area contributed by atoms with E-state index >= 15 is 0 Å². The molecule has 0 aliphatic carbocycles. The molecule has 1 aliphatic rings. The first-order valence-electron chi connectivity index (χ1n) is 4.42. The van der Waals surface area contributed by atoms with Gasteiger partial charge in [0, 0.05) is 5.56 Å². The van der Waals surface area contributed by atoms with Crippen molar-refractivity contribution in [3.05, 3.63) is 28.8 Å². The van der Waals surface area contributed by atoms with Gasteiger partial charge < -0.3 is 4.74 Å². The van der Waals surface area contributed by atoms with E-state index in [-0.39, 0.29) is 11.9 Å². The third-order valence-corrected chi connectivity index (χ3v) is 2.66. The molecule has 0 saturated heterocycles. The fraction of sp³-hybridized carbons (Fsp3) is 0.364. The highest BCUT2D eigenvalue weighted by atomic mass is 16.5. The molecule has 1 atom stereocenters. The van der Waals surface area contributed by atoms with Crippen LogP contribution >= 0.6 is 0 Å². The molecule has 2 rings (SSSR count). The molecular weight excluding hydrogens is 164 g/mol. The van der Waals surface area contributed by atoms with Crippen molar-refractivity contribution in [2.45, 2.75) is 26.7 Å². The standard InChI is InChI=1S/C11H12O2/c1-6-4-9-8(3)11(12)13-10(9)5-7(6)2/h4-5,8H,1-3H3. The Labute approximate surface area is 77.5 Å². The van der Waals surface area contributed by atoms with E-state index < -0.39 is 0 Å². The van der Waals surface area contributed by atoms with Crippen molar-refractivity contribution in [2.75, 3.05) is 0 Å². The lowest BCUT2D eigenvalue weighted by Crippen LogP contribution is -2.05. The Morgan fingerprint density at radius 2 is 1.85 bits per heavy atom. The molecule has 1 unspecified atom stereocenters. The Balaban J connectivity index is 2.59. The van der Waals surface area contributed by atoms with Crippen molar-refractivity contribution >= 4 is 5.97 Å². The van der Waals surface area contributed by atoms with Crippen LogP contribution in [-0.4, -0.2) is 5.97 Å². The highest BCUT2D eigenvalue weighted by molar-refractivity contribution is 5.85. The van der Waals surface area contributed by atoms with Crippen molar-refractivity contribution in [3.63, 3.8) is 0 Å². The summed E-state index contributed by atoms with van der Waals surface area (Å²) in [7, 11) is 0. The molecule has 13 heavy (non-hydrogen) atoms. The van der Waals surface area contributed by atoms with Gasteiger partial charge in [-0.3, -0.25) is 4.79 Å². The Kier molecular flexibility index (Phi) is 1.65. The summed E-state index contributed by atoms with van der Waals surface area (Å²) in [4.78, 5) is 11.2. The quantitative estimate of drug-likeness (QED) is 0.448. The van der Waals surface area contributed by atoms with Crippen molar-refractivity contribution in [2.24, 2.45) is 0 Å². The largest absolute Gasteiger partial charge is 0.426 e. The molecule has 1 aliphatic heterocycles. The Bertz CT molecular complexity index is 380. The number of carbonyl (C=O) groups is 1. The average Bonchev–Trinajstić information content (AvgIpc) is 2.32. The lowest BCUT2D eigenvalue weighted by Gasteiger charge is -2.03. The van der Waals surface area contributed by atoms with Gasteiger partial charge in [0.1, 0.15) is 5.75 Å². The number of fused-ring (bicyclic) bond motifs is 1. The minimum Gasteiger partial charge on any atom is -0.426 e. The van der Waals surface area contributed by atoms with E-state index in [1.54, 1.807) is 0 Å². The van der Waals surface area contributed by atoms with Crippen LogP contribution in [0.4, 0.5) is 0 Å². The maximum atomic E-state index is 11.2. The Morgan fingerprint density at radius 1 is 1.23 bits per heavy atom. The zero-order chi connectivity index (χ0) is 9.59. The van der Waals surface area contributed by atoms with E-state index in [9.17, 15) is 4.79 Å². The third-order valence-electron chi connectivity index (χ3n) is 2.66. The van der Waals surface area contributed by atoms with Crippen LogP contribution in [0.1, 0.15) is 29.5 Å². The maximum Gasteiger partial charge on any atom is 0.318 e. The molecule has 0 aromatic heterocycles. The van der Waals surface area contributed by atoms with E-state index in [4.69, 9.17) is 4.74 Å². The van der Waals surface area contributed by atoms with Crippen LogP contribution in [0.2, 0.25) is 0 Å². The summed E-state index contributed by atoms with van der Waals surface area (Å²) < 4.78 is 5.12.